The van der Waals surface area contributed by atoms with Crippen LogP contribution in [0.15, 0.2) is 0 Å². The highest BCUT2D eigenvalue weighted by atomic mass is 32.2. The first-order chi connectivity index (χ1) is 7.06. The fourth-order valence-electron chi connectivity index (χ4n) is 1.43. The highest BCUT2D eigenvalue weighted by molar-refractivity contribution is 7.99. The quantitative estimate of drug-likeness (QED) is 0.363. The third-order valence-electron chi connectivity index (χ3n) is 2.08. The summed E-state index contributed by atoms with van der Waals surface area (Å²) < 4.78 is 0. The van der Waals surface area contributed by atoms with Crippen LogP contribution >= 0.6 is 11.8 Å². The van der Waals surface area contributed by atoms with Crippen LogP contribution in [0.1, 0.15) is 27.2 Å². The van der Waals surface area contributed by atoms with Crippen molar-refractivity contribution in [3.05, 3.63) is 0 Å². The van der Waals surface area contributed by atoms with Crippen molar-refractivity contribution in [2.24, 2.45) is 11.7 Å². The average molecular weight is 231 g/mol. The molecule has 0 unspecified atom stereocenters. The topological polar surface area (TPSA) is 53.1 Å². The van der Waals surface area contributed by atoms with Crippen LogP contribution in [0, 0.1) is 11.3 Å². The molecule has 0 amide bonds. The number of hydrogen-bond acceptors (Lipinski definition) is 3. The Hall–Kier alpha value is -0.220. The zero-order chi connectivity index (χ0) is 11.7. The number of nitrogens with zero attached hydrogens (tertiary/aromatic N) is 1. The van der Waals surface area contributed by atoms with E-state index >= 15 is 0 Å². The van der Waals surface area contributed by atoms with Crippen molar-refractivity contribution in [2.75, 3.05) is 31.1 Å². The van der Waals surface area contributed by atoms with E-state index in [4.69, 9.17) is 11.1 Å². The number of amidine groups is 1. The number of nitrogens with one attached hydrogen (secondary N) is 1. The number of thioether (sulfide) groups is 1. The van der Waals surface area contributed by atoms with Gasteiger partial charge < -0.3 is 10.6 Å². The maximum Gasteiger partial charge on any atom is 0.0918 e. The highest BCUT2D eigenvalue weighted by Gasteiger charge is 2.07. The second-order valence-electron chi connectivity index (χ2n) is 4.17. The molecular weight excluding hydrogens is 206 g/mol. The van der Waals surface area contributed by atoms with Crippen LogP contribution in [0.25, 0.3) is 0 Å². The van der Waals surface area contributed by atoms with Crippen molar-refractivity contribution in [3.63, 3.8) is 0 Å². The summed E-state index contributed by atoms with van der Waals surface area (Å²) in [6.45, 7) is 9.80. The summed E-state index contributed by atoms with van der Waals surface area (Å²) in [7, 11) is 0. The second-order valence-corrected chi connectivity index (χ2v) is 5.56. The van der Waals surface area contributed by atoms with E-state index in [-0.39, 0.29) is 0 Å². The third kappa shape index (κ3) is 10.1. The van der Waals surface area contributed by atoms with Gasteiger partial charge in [-0.05, 0) is 11.7 Å². The van der Waals surface area contributed by atoms with E-state index in [1.165, 1.54) is 11.5 Å². The van der Waals surface area contributed by atoms with Gasteiger partial charge in [0.15, 0.2) is 0 Å². The summed E-state index contributed by atoms with van der Waals surface area (Å²) >= 11 is 1.97. The van der Waals surface area contributed by atoms with Crippen molar-refractivity contribution in [3.8, 4) is 0 Å². The van der Waals surface area contributed by atoms with E-state index in [0.717, 1.165) is 19.6 Å². The normalized spacial score (nSPS) is 11.3. The minimum atomic E-state index is 0.298. The Morgan fingerprint density at radius 2 is 2.07 bits per heavy atom. The van der Waals surface area contributed by atoms with E-state index < -0.39 is 0 Å². The molecule has 0 aromatic rings. The molecule has 3 nitrogen and oxygen atoms in total. The Morgan fingerprint density at radius 3 is 2.53 bits per heavy atom. The molecule has 0 aliphatic carbocycles. The molecule has 0 fully saturated rings. The van der Waals surface area contributed by atoms with Crippen LogP contribution in [0.4, 0.5) is 0 Å². The summed E-state index contributed by atoms with van der Waals surface area (Å²) in [5.41, 5.74) is 5.38. The molecule has 15 heavy (non-hydrogen) atoms. The van der Waals surface area contributed by atoms with Crippen LogP contribution in [0.2, 0.25) is 0 Å². The molecule has 0 radical (unpaired) electrons. The average Bonchev–Trinajstić information content (AvgIpc) is 2.13. The van der Waals surface area contributed by atoms with E-state index in [1.807, 2.05) is 11.8 Å². The lowest BCUT2D eigenvalue weighted by Gasteiger charge is -2.23. The number of hydrogen-bond donors (Lipinski definition) is 2. The largest absolute Gasteiger partial charge is 0.388 e. The molecule has 0 aliphatic heterocycles. The SMILES string of the molecule is CCSCCN(CCC(=N)N)CC(C)C. The van der Waals surface area contributed by atoms with Crippen LogP contribution in [0.5, 0.6) is 0 Å². The predicted octanol–water partition coefficient (Wildman–Crippen LogP) is 2.02. The molecule has 3 N–H and O–H groups in total. The molecule has 0 aromatic carbocycles. The predicted molar refractivity (Wildman–Crippen MR) is 70.8 cm³/mol. The van der Waals surface area contributed by atoms with Crippen molar-refractivity contribution < 1.29 is 0 Å². The molecule has 0 heterocycles. The smallest absolute Gasteiger partial charge is 0.0918 e. The molecular formula is C11H25N3S. The van der Waals surface area contributed by atoms with E-state index in [9.17, 15) is 0 Å². The molecule has 0 bridgehead atoms. The summed E-state index contributed by atoms with van der Waals surface area (Å²) in [6.07, 6.45) is 0.698. The molecule has 90 valence electrons. The zero-order valence-electron chi connectivity index (χ0n) is 10.3. The standard InChI is InChI=1S/C11H25N3S/c1-4-15-8-7-14(9-10(2)3)6-5-11(12)13/h10H,4-9H2,1-3H3,(H3,12,13). The van der Waals surface area contributed by atoms with Gasteiger partial charge in [-0.1, -0.05) is 20.8 Å². The van der Waals surface area contributed by atoms with Gasteiger partial charge in [-0.15, -0.1) is 0 Å². The van der Waals surface area contributed by atoms with Gasteiger partial charge >= 0.3 is 0 Å². The monoisotopic (exact) mass is 231 g/mol. The van der Waals surface area contributed by atoms with Gasteiger partial charge in [0, 0.05) is 31.8 Å². The van der Waals surface area contributed by atoms with E-state index in [0.29, 0.717) is 18.2 Å². The van der Waals surface area contributed by atoms with Gasteiger partial charge in [-0.25, -0.2) is 0 Å². The lowest BCUT2D eigenvalue weighted by molar-refractivity contribution is 0.265. The Kier molecular flexibility index (Phi) is 8.91. The van der Waals surface area contributed by atoms with Crippen LogP contribution < -0.4 is 5.73 Å². The van der Waals surface area contributed by atoms with Crippen molar-refractivity contribution in [1.29, 1.82) is 5.41 Å². The minimum Gasteiger partial charge on any atom is -0.388 e. The maximum absolute atomic E-state index is 7.23. The first-order valence-corrected chi connectivity index (χ1v) is 6.84. The molecule has 4 heteroatoms. The summed E-state index contributed by atoms with van der Waals surface area (Å²) in [4.78, 5) is 2.41. The Balaban J connectivity index is 3.78. The maximum atomic E-state index is 7.23. The second kappa shape index (κ2) is 9.04. The third-order valence-corrected chi connectivity index (χ3v) is 2.96. The van der Waals surface area contributed by atoms with Gasteiger partial charge in [0.25, 0.3) is 0 Å². The van der Waals surface area contributed by atoms with Gasteiger partial charge in [0.05, 0.1) is 5.84 Å². The fourth-order valence-corrected chi connectivity index (χ4v) is 2.10. The lowest BCUT2D eigenvalue weighted by atomic mass is 10.2. The van der Waals surface area contributed by atoms with Crippen molar-refractivity contribution >= 4 is 17.6 Å². The van der Waals surface area contributed by atoms with Gasteiger partial charge in [0.1, 0.15) is 0 Å². The molecule has 0 rings (SSSR count). The Bertz CT molecular complexity index is 171. The van der Waals surface area contributed by atoms with Crippen LogP contribution in [-0.4, -0.2) is 41.9 Å². The van der Waals surface area contributed by atoms with E-state index in [1.54, 1.807) is 0 Å². The van der Waals surface area contributed by atoms with Crippen molar-refractivity contribution in [1.82, 2.24) is 4.90 Å². The molecule has 0 saturated carbocycles. The zero-order valence-corrected chi connectivity index (χ0v) is 11.1. The number of rotatable bonds is 9. The molecule has 0 spiro atoms. The van der Waals surface area contributed by atoms with Crippen LogP contribution in [0.3, 0.4) is 0 Å². The Morgan fingerprint density at radius 1 is 1.40 bits per heavy atom. The minimum absolute atomic E-state index is 0.298. The molecule has 0 saturated heterocycles. The molecule has 0 aliphatic rings. The Labute approximate surface area is 98.3 Å². The summed E-state index contributed by atoms with van der Waals surface area (Å²) in [6, 6.07) is 0. The van der Waals surface area contributed by atoms with Gasteiger partial charge in [0.2, 0.25) is 0 Å². The van der Waals surface area contributed by atoms with Crippen molar-refractivity contribution in [2.45, 2.75) is 27.2 Å². The highest BCUT2D eigenvalue weighted by Crippen LogP contribution is 2.04. The van der Waals surface area contributed by atoms with Gasteiger partial charge in [-0.2, -0.15) is 11.8 Å². The molecule has 0 aromatic heterocycles. The van der Waals surface area contributed by atoms with Gasteiger partial charge in [-0.3, -0.25) is 5.41 Å². The summed E-state index contributed by atoms with van der Waals surface area (Å²) in [5, 5.41) is 7.23. The first kappa shape index (κ1) is 14.8. The fraction of sp³-hybridized carbons (Fsp3) is 0.909. The number of nitrogens with two attached hydrogens (primary N) is 1. The lowest BCUT2D eigenvalue weighted by Crippen LogP contribution is -2.33. The first-order valence-electron chi connectivity index (χ1n) is 5.69. The van der Waals surface area contributed by atoms with Crippen LogP contribution in [-0.2, 0) is 0 Å². The van der Waals surface area contributed by atoms with E-state index in [2.05, 4.69) is 25.7 Å². The molecule has 0 atom stereocenters. The summed E-state index contributed by atoms with van der Waals surface area (Å²) in [5.74, 6) is 3.35.